The number of esters is 1. The average Bonchev–Trinajstić information content (AvgIpc) is 3.28. The topological polar surface area (TPSA) is 90.7 Å². The van der Waals surface area contributed by atoms with E-state index in [9.17, 15) is 9.59 Å². The summed E-state index contributed by atoms with van der Waals surface area (Å²) in [5.41, 5.74) is 4.94. The molecule has 0 bridgehead atoms. The number of pyridine rings is 1. The molecule has 1 aliphatic carbocycles. The van der Waals surface area contributed by atoms with E-state index >= 15 is 0 Å². The van der Waals surface area contributed by atoms with E-state index in [0.717, 1.165) is 57.8 Å². The summed E-state index contributed by atoms with van der Waals surface area (Å²) < 4.78 is 17.3. The molecule has 6 rings (SSSR count). The van der Waals surface area contributed by atoms with Crippen molar-refractivity contribution >= 4 is 50.4 Å². The van der Waals surface area contributed by atoms with E-state index in [1.807, 2.05) is 54.6 Å². The molecule has 0 saturated carbocycles. The van der Waals surface area contributed by atoms with Gasteiger partial charge in [-0.15, -0.1) is 0 Å². The standard InChI is InChI=1S/C31H28N2O5/c1-17-12-13-24-22(14-17)29(20-9-4-6-10-23(20)32-24)31(35)37-18(2)30(34)33-25-16-27-21(15-28(25)36-3)19-8-5-7-11-26(19)38-27/h4-11,15-18H,12-14H2,1-3H3,(H,33,34)/t17-,18-/m0/s1. The van der Waals surface area contributed by atoms with Crippen molar-refractivity contribution in [3.8, 4) is 5.75 Å². The maximum absolute atomic E-state index is 13.5. The van der Waals surface area contributed by atoms with Crippen LogP contribution in [0.1, 0.15) is 41.9 Å². The summed E-state index contributed by atoms with van der Waals surface area (Å²) in [6.45, 7) is 3.74. The number of carbonyl (C=O) groups is 2. The fourth-order valence-corrected chi connectivity index (χ4v) is 5.32. The van der Waals surface area contributed by atoms with Crippen molar-refractivity contribution in [1.29, 1.82) is 0 Å². The van der Waals surface area contributed by atoms with Gasteiger partial charge in [0.25, 0.3) is 5.91 Å². The fourth-order valence-electron chi connectivity index (χ4n) is 5.32. The van der Waals surface area contributed by atoms with E-state index in [0.29, 0.717) is 28.5 Å². The lowest BCUT2D eigenvalue weighted by molar-refractivity contribution is -0.123. The molecule has 38 heavy (non-hydrogen) atoms. The van der Waals surface area contributed by atoms with E-state index in [-0.39, 0.29) is 0 Å². The molecular formula is C31H28N2O5. The lowest BCUT2D eigenvalue weighted by Gasteiger charge is -2.24. The number of furan rings is 1. The highest BCUT2D eigenvalue weighted by molar-refractivity contribution is 6.09. The number of benzene rings is 3. The highest BCUT2D eigenvalue weighted by atomic mass is 16.5. The minimum atomic E-state index is -1.04. The molecule has 0 aliphatic heterocycles. The van der Waals surface area contributed by atoms with Gasteiger partial charge in [0.05, 0.1) is 23.9 Å². The first-order chi connectivity index (χ1) is 18.4. The lowest BCUT2D eigenvalue weighted by atomic mass is 9.84. The highest BCUT2D eigenvalue weighted by Crippen LogP contribution is 2.37. The van der Waals surface area contributed by atoms with Crippen LogP contribution in [0, 0.1) is 5.92 Å². The molecular weight excluding hydrogens is 480 g/mol. The van der Waals surface area contributed by atoms with Crippen LogP contribution < -0.4 is 10.1 Å². The monoisotopic (exact) mass is 508 g/mol. The second-order valence-electron chi connectivity index (χ2n) is 9.96. The summed E-state index contributed by atoms with van der Waals surface area (Å²) in [5, 5.41) is 5.44. The number of nitrogens with zero attached hydrogens (tertiary/aromatic N) is 1. The lowest BCUT2D eigenvalue weighted by Crippen LogP contribution is -2.31. The van der Waals surface area contributed by atoms with E-state index in [1.165, 1.54) is 0 Å². The molecule has 7 nitrogen and oxygen atoms in total. The molecule has 1 N–H and O–H groups in total. The van der Waals surface area contributed by atoms with E-state index < -0.39 is 18.0 Å². The van der Waals surface area contributed by atoms with Gasteiger partial charge < -0.3 is 19.2 Å². The summed E-state index contributed by atoms with van der Waals surface area (Å²) in [6, 6.07) is 18.9. The maximum atomic E-state index is 13.5. The van der Waals surface area contributed by atoms with Crippen LogP contribution in [0.3, 0.4) is 0 Å². The number of hydrogen-bond acceptors (Lipinski definition) is 6. The minimum Gasteiger partial charge on any atom is -0.495 e. The van der Waals surface area contributed by atoms with Gasteiger partial charge in [0.1, 0.15) is 16.9 Å². The summed E-state index contributed by atoms with van der Waals surface area (Å²) >= 11 is 0. The fraction of sp³-hybridized carbons (Fsp3) is 0.258. The number of ether oxygens (including phenoxy) is 2. The van der Waals surface area contributed by atoms with E-state index in [1.54, 1.807) is 20.1 Å². The van der Waals surface area contributed by atoms with Crippen molar-refractivity contribution in [2.24, 2.45) is 5.92 Å². The number of para-hydroxylation sites is 2. The summed E-state index contributed by atoms with van der Waals surface area (Å²) in [6.07, 6.45) is 1.57. The Kier molecular flexibility index (Phi) is 5.98. The van der Waals surface area contributed by atoms with Gasteiger partial charge in [-0.2, -0.15) is 0 Å². The number of amides is 1. The van der Waals surface area contributed by atoms with Crippen molar-refractivity contribution in [2.75, 3.05) is 12.4 Å². The first-order valence-corrected chi connectivity index (χ1v) is 12.8. The number of methoxy groups -OCH3 is 1. The van der Waals surface area contributed by atoms with Gasteiger partial charge in [-0.25, -0.2) is 4.79 Å². The average molecular weight is 509 g/mol. The second-order valence-corrected chi connectivity index (χ2v) is 9.96. The van der Waals surface area contributed by atoms with Crippen LogP contribution in [0.25, 0.3) is 32.8 Å². The molecule has 3 aromatic carbocycles. The molecule has 7 heteroatoms. The molecule has 2 aromatic heterocycles. The molecule has 0 unspecified atom stereocenters. The number of rotatable bonds is 5. The highest BCUT2D eigenvalue weighted by Gasteiger charge is 2.28. The first-order valence-electron chi connectivity index (χ1n) is 12.8. The first kappa shape index (κ1) is 24.0. The van der Waals surface area contributed by atoms with Gasteiger partial charge in [0.15, 0.2) is 6.10 Å². The van der Waals surface area contributed by atoms with Crippen molar-refractivity contribution in [2.45, 2.75) is 39.2 Å². The van der Waals surface area contributed by atoms with Crippen molar-refractivity contribution < 1.29 is 23.5 Å². The molecule has 2 atom stereocenters. The zero-order valence-corrected chi connectivity index (χ0v) is 21.5. The van der Waals surface area contributed by atoms with Gasteiger partial charge in [-0.05, 0) is 55.9 Å². The normalized spacial score (nSPS) is 15.8. The Morgan fingerprint density at radius 1 is 1.03 bits per heavy atom. The number of aryl methyl sites for hydroxylation is 1. The molecule has 0 spiro atoms. The molecule has 0 saturated heterocycles. The predicted molar refractivity (Wildman–Crippen MR) is 147 cm³/mol. The number of hydrogen-bond donors (Lipinski definition) is 1. The van der Waals surface area contributed by atoms with Crippen LogP contribution in [0.5, 0.6) is 5.75 Å². The smallest absolute Gasteiger partial charge is 0.339 e. The van der Waals surface area contributed by atoms with Crippen LogP contribution in [0.15, 0.2) is 65.1 Å². The minimum absolute atomic E-state index is 0.438. The van der Waals surface area contributed by atoms with Gasteiger partial charge in [-0.1, -0.05) is 43.3 Å². The summed E-state index contributed by atoms with van der Waals surface area (Å²) in [5.74, 6) is -0.0542. The van der Waals surface area contributed by atoms with E-state index in [2.05, 4.69) is 12.2 Å². The quantitative estimate of drug-likeness (QED) is 0.274. The van der Waals surface area contributed by atoms with Crippen LogP contribution >= 0.6 is 0 Å². The molecule has 1 aliphatic rings. The number of anilines is 1. The third kappa shape index (κ3) is 4.14. The molecule has 192 valence electrons. The van der Waals surface area contributed by atoms with Crippen molar-refractivity contribution in [3.05, 3.63) is 77.5 Å². The molecule has 2 heterocycles. The number of fused-ring (bicyclic) bond motifs is 5. The van der Waals surface area contributed by atoms with Crippen LogP contribution in [0.4, 0.5) is 5.69 Å². The molecule has 1 amide bonds. The van der Waals surface area contributed by atoms with Gasteiger partial charge >= 0.3 is 5.97 Å². The third-order valence-electron chi connectivity index (χ3n) is 7.32. The third-order valence-corrected chi connectivity index (χ3v) is 7.32. The molecule has 0 fully saturated rings. The molecule has 0 radical (unpaired) electrons. The zero-order valence-electron chi connectivity index (χ0n) is 21.5. The second kappa shape index (κ2) is 9.49. The van der Waals surface area contributed by atoms with Crippen LogP contribution in [-0.2, 0) is 22.4 Å². The number of carbonyl (C=O) groups excluding carboxylic acids is 2. The van der Waals surface area contributed by atoms with Crippen molar-refractivity contribution in [3.63, 3.8) is 0 Å². The summed E-state index contributed by atoms with van der Waals surface area (Å²) in [4.78, 5) is 31.5. The zero-order chi connectivity index (χ0) is 26.4. The Bertz CT molecular complexity index is 1720. The Morgan fingerprint density at radius 3 is 2.61 bits per heavy atom. The maximum Gasteiger partial charge on any atom is 0.339 e. The Hall–Kier alpha value is -4.39. The van der Waals surface area contributed by atoms with Gasteiger partial charge in [0, 0.05) is 27.9 Å². The summed E-state index contributed by atoms with van der Waals surface area (Å²) in [7, 11) is 1.54. The van der Waals surface area contributed by atoms with Crippen LogP contribution in [-0.4, -0.2) is 30.1 Å². The van der Waals surface area contributed by atoms with E-state index in [4.69, 9.17) is 18.9 Å². The largest absolute Gasteiger partial charge is 0.495 e. The van der Waals surface area contributed by atoms with Gasteiger partial charge in [0.2, 0.25) is 0 Å². The SMILES string of the molecule is COc1cc2c(cc1NC(=O)[C@H](C)OC(=O)c1c3c(nc4ccccc14)CC[C@H](C)C3)oc1ccccc12. The Labute approximate surface area is 219 Å². The molecule has 5 aromatic rings. The Balaban J connectivity index is 1.28. The van der Waals surface area contributed by atoms with Crippen LogP contribution in [0.2, 0.25) is 0 Å². The Morgan fingerprint density at radius 2 is 1.79 bits per heavy atom. The number of aromatic nitrogens is 1. The van der Waals surface area contributed by atoms with Gasteiger partial charge in [-0.3, -0.25) is 9.78 Å². The van der Waals surface area contributed by atoms with Crippen molar-refractivity contribution in [1.82, 2.24) is 4.98 Å². The number of nitrogens with one attached hydrogen (secondary N) is 1. The predicted octanol–water partition coefficient (Wildman–Crippen LogP) is 6.45.